The Bertz CT molecular complexity index is 376. The van der Waals surface area contributed by atoms with Crippen molar-refractivity contribution in [1.29, 1.82) is 0 Å². The Balaban J connectivity index is 2.11. The van der Waals surface area contributed by atoms with E-state index in [1.54, 1.807) is 12.2 Å². The van der Waals surface area contributed by atoms with Crippen molar-refractivity contribution in [2.75, 3.05) is 0 Å². The fourth-order valence-electron chi connectivity index (χ4n) is 2.44. The zero-order chi connectivity index (χ0) is 14.0. The Kier molecular flexibility index (Phi) is 3.96. The molecule has 0 unspecified atom stereocenters. The summed E-state index contributed by atoms with van der Waals surface area (Å²) in [4.78, 5) is 11.3. The lowest BCUT2D eigenvalue weighted by Gasteiger charge is -2.23. The number of hydrogen-bond acceptors (Lipinski definition) is 5. The van der Waals surface area contributed by atoms with Crippen LogP contribution in [-0.4, -0.2) is 36.4 Å². The molecule has 2 saturated heterocycles. The molecule has 0 aromatic heterocycles. The minimum absolute atomic E-state index is 0.319. The van der Waals surface area contributed by atoms with Crippen LogP contribution in [-0.2, 0) is 18.9 Å². The molecule has 19 heavy (non-hydrogen) atoms. The number of carbonyl (C=O) groups is 1. The third kappa shape index (κ3) is 2.98. The Labute approximate surface area is 113 Å². The lowest BCUT2D eigenvalue weighted by molar-refractivity contribution is -0.153. The van der Waals surface area contributed by atoms with Gasteiger partial charge in [0.25, 0.3) is 0 Å². The molecule has 0 bridgehead atoms. The second-order valence-corrected chi connectivity index (χ2v) is 5.16. The van der Waals surface area contributed by atoms with Crippen LogP contribution in [0.25, 0.3) is 0 Å². The molecule has 2 aliphatic heterocycles. The van der Waals surface area contributed by atoms with Gasteiger partial charge in [0, 0.05) is 0 Å². The normalized spacial score (nSPS) is 36.6. The highest BCUT2D eigenvalue weighted by atomic mass is 16.8. The van der Waals surface area contributed by atoms with E-state index in [1.807, 2.05) is 13.8 Å². The van der Waals surface area contributed by atoms with Crippen molar-refractivity contribution >= 4 is 6.16 Å². The molecule has 0 aromatic carbocycles. The summed E-state index contributed by atoms with van der Waals surface area (Å²) in [5.41, 5.74) is 0. The quantitative estimate of drug-likeness (QED) is 0.566. The third-order valence-electron chi connectivity index (χ3n) is 3.22. The Morgan fingerprint density at radius 2 is 1.95 bits per heavy atom. The summed E-state index contributed by atoms with van der Waals surface area (Å²) in [5, 5.41) is 0. The Morgan fingerprint density at radius 1 is 1.21 bits per heavy atom. The molecule has 0 aromatic rings. The largest absolute Gasteiger partial charge is 0.509 e. The maximum absolute atomic E-state index is 11.3. The van der Waals surface area contributed by atoms with Gasteiger partial charge in [-0.1, -0.05) is 12.2 Å². The van der Waals surface area contributed by atoms with E-state index in [0.29, 0.717) is 6.42 Å². The van der Waals surface area contributed by atoms with E-state index >= 15 is 0 Å². The van der Waals surface area contributed by atoms with E-state index < -0.39 is 24.2 Å². The number of allylic oxidation sites excluding steroid dienone is 1. The van der Waals surface area contributed by atoms with Crippen molar-refractivity contribution in [1.82, 2.24) is 0 Å². The van der Waals surface area contributed by atoms with E-state index in [9.17, 15) is 4.79 Å². The van der Waals surface area contributed by atoms with Crippen molar-refractivity contribution < 1.29 is 23.7 Å². The molecule has 4 atom stereocenters. The first kappa shape index (κ1) is 14.1. The van der Waals surface area contributed by atoms with Gasteiger partial charge in [-0.25, -0.2) is 4.79 Å². The molecule has 2 rings (SSSR count). The molecule has 2 heterocycles. The van der Waals surface area contributed by atoms with E-state index in [0.717, 1.165) is 6.42 Å². The predicted molar refractivity (Wildman–Crippen MR) is 68.6 cm³/mol. The van der Waals surface area contributed by atoms with Crippen molar-refractivity contribution in [3.8, 4) is 0 Å². The zero-order valence-corrected chi connectivity index (χ0v) is 11.3. The molecular formula is C14H20O5. The minimum atomic E-state index is -0.721. The summed E-state index contributed by atoms with van der Waals surface area (Å²) in [7, 11) is 0. The van der Waals surface area contributed by atoms with E-state index in [1.165, 1.54) is 0 Å². The van der Waals surface area contributed by atoms with Gasteiger partial charge in [-0.2, -0.15) is 0 Å². The Morgan fingerprint density at radius 3 is 2.58 bits per heavy atom. The molecule has 2 fully saturated rings. The molecule has 5 heteroatoms. The standard InChI is InChI=1S/C14H20O5/c1-5-7-8-10-11(17-13(15)16-10)12-9(6-2)18-14(3,4)19-12/h5-6,9-12H,1-2,7-8H2,3-4H3/t9-,10-,11-,12-/m0/s1. The predicted octanol–water partition coefficient (Wildman–Crippen LogP) is 2.56. The van der Waals surface area contributed by atoms with Crippen LogP contribution in [0.2, 0.25) is 0 Å². The molecule has 0 N–H and O–H groups in total. The molecule has 0 amide bonds. The monoisotopic (exact) mass is 268 g/mol. The van der Waals surface area contributed by atoms with E-state index in [2.05, 4.69) is 13.2 Å². The van der Waals surface area contributed by atoms with Gasteiger partial charge < -0.3 is 18.9 Å². The molecule has 106 valence electrons. The SMILES string of the molecule is C=CCC[C@@H]1OC(=O)O[C@@H]1[C@H]1OC(C)(C)O[C@H]1C=C. The lowest BCUT2D eigenvalue weighted by atomic mass is 10.00. The van der Waals surface area contributed by atoms with Gasteiger partial charge in [0.1, 0.15) is 18.3 Å². The summed E-state index contributed by atoms with van der Waals surface area (Å²) >= 11 is 0. The number of carbonyl (C=O) groups excluding carboxylic acids is 1. The van der Waals surface area contributed by atoms with Gasteiger partial charge in [-0.3, -0.25) is 0 Å². The van der Waals surface area contributed by atoms with Gasteiger partial charge in [-0.15, -0.1) is 13.2 Å². The lowest BCUT2D eigenvalue weighted by Crippen LogP contribution is -2.41. The third-order valence-corrected chi connectivity index (χ3v) is 3.22. The summed E-state index contributed by atoms with van der Waals surface area (Å²) in [6.07, 6.45) is 2.66. The maximum atomic E-state index is 11.3. The molecule has 5 nitrogen and oxygen atoms in total. The summed E-state index contributed by atoms with van der Waals surface area (Å²) in [5.74, 6) is -0.721. The molecule has 0 aliphatic carbocycles. The number of rotatable bonds is 5. The first-order chi connectivity index (χ1) is 8.96. The maximum Gasteiger partial charge on any atom is 0.509 e. The average molecular weight is 268 g/mol. The minimum Gasteiger partial charge on any atom is -0.427 e. The Hall–Kier alpha value is -1.33. The second-order valence-electron chi connectivity index (χ2n) is 5.16. The number of cyclic esters (lactones) is 2. The van der Waals surface area contributed by atoms with Crippen molar-refractivity contribution in [3.63, 3.8) is 0 Å². The van der Waals surface area contributed by atoms with Crippen LogP contribution in [0.3, 0.4) is 0 Å². The van der Waals surface area contributed by atoms with Crippen LogP contribution in [0.4, 0.5) is 4.79 Å². The van der Waals surface area contributed by atoms with Crippen LogP contribution < -0.4 is 0 Å². The summed E-state index contributed by atoms with van der Waals surface area (Å²) in [6.45, 7) is 11.0. The first-order valence-electron chi connectivity index (χ1n) is 6.43. The highest BCUT2D eigenvalue weighted by Gasteiger charge is 2.51. The molecule has 2 aliphatic rings. The first-order valence-corrected chi connectivity index (χ1v) is 6.43. The highest BCUT2D eigenvalue weighted by Crippen LogP contribution is 2.35. The fraction of sp³-hybridized carbons (Fsp3) is 0.643. The van der Waals surface area contributed by atoms with E-state index in [-0.39, 0.29) is 12.2 Å². The molecular weight excluding hydrogens is 248 g/mol. The second kappa shape index (κ2) is 5.35. The van der Waals surface area contributed by atoms with Crippen LogP contribution in [0.1, 0.15) is 26.7 Å². The van der Waals surface area contributed by atoms with Gasteiger partial charge in [0.15, 0.2) is 11.9 Å². The highest BCUT2D eigenvalue weighted by molar-refractivity contribution is 5.62. The summed E-state index contributed by atoms with van der Waals surface area (Å²) in [6, 6.07) is 0. The van der Waals surface area contributed by atoms with Gasteiger partial charge in [-0.05, 0) is 26.7 Å². The number of ether oxygens (including phenoxy) is 4. The van der Waals surface area contributed by atoms with Crippen LogP contribution in [0.5, 0.6) is 0 Å². The van der Waals surface area contributed by atoms with Crippen LogP contribution in [0.15, 0.2) is 25.3 Å². The molecule has 0 saturated carbocycles. The average Bonchev–Trinajstić information content (AvgIpc) is 2.86. The topological polar surface area (TPSA) is 54.0 Å². The van der Waals surface area contributed by atoms with Gasteiger partial charge in [0.2, 0.25) is 0 Å². The van der Waals surface area contributed by atoms with Crippen LogP contribution >= 0.6 is 0 Å². The smallest absolute Gasteiger partial charge is 0.427 e. The fourth-order valence-corrected chi connectivity index (χ4v) is 2.44. The number of hydrogen-bond donors (Lipinski definition) is 0. The van der Waals surface area contributed by atoms with E-state index in [4.69, 9.17) is 18.9 Å². The van der Waals surface area contributed by atoms with Crippen molar-refractivity contribution in [3.05, 3.63) is 25.3 Å². The van der Waals surface area contributed by atoms with Gasteiger partial charge in [0.05, 0.1) is 0 Å². The zero-order valence-electron chi connectivity index (χ0n) is 11.3. The van der Waals surface area contributed by atoms with Crippen molar-refractivity contribution in [2.45, 2.75) is 56.9 Å². The molecule has 0 radical (unpaired) electrons. The van der Waals surface area contributed by atoms with Crippen LogP contribution in [0, 0.1) is 0 Å². The van der Waals surface area contributed by atoms with Crippen molar-refractivity contribution in [2.24, 2.45) is 0 Å². The molecule has 0 spiro atoms. The van der Waals surface area contributed by atoms with Gasteiger partial charge >= 0.3 is 6.16 Å². The summed E-state index contributed by atoms with van der Waals surface area (Å²) < 4.78 is 21.9.